The van der Waals surface area contributed by atoms with Crippen LogP contribution in [0.15, 0.2) is 0 Å². The van der Waals surface area contributed by atoms with E-state index in [1.807, 2.05) is 0 Å². The normalized spacial score (nSPS) is 42.7. The topological polar surface area (TPSA) is 92.3 Å². The quantitative estimate of drug-likeness (QED) is 0.458. The molecule has 0 spiro atoms. The molecule has 3 fully saturated rings. The third-order valence-corrected chi connectivity index (χ3v) is 3.53. The highest BCUT2D eigenvalue weighted by Gasteiger charge is 2.61. The molecule has 4 amide bonds. The number of fused-ring (bicyclic) bond motifs is 3. The van der Waals surface area contributed by atoms with Crippen LogP contribution < -0.4 is 10.6 Å². The summed E-state index contributed by atoms with van der Waals surface area (Å²) in [7, 11) is 0. The van der Waals surface area contributed by atoms with Crippen molar-refractivity contribution in [3.63, 3.8) is 0 Å². The number of hydrogen-bond acceptors (Lipinski definition) is 4. The van der Waals surface area contributed by atoms with E-state index in [9.17, 15) is 19.2 Å². The molecule has 4 atom stereocenters. The summed E-state index contributed by atoms with van der Waals surface area (Å²) in [5.41, 5.74) is 0. The molecule has 0 unspecified atom stereocenters. The Morgan fingerprint density at radius 3 is 1.53 bits per heavy atom. The molecule has 0 radical (unpaired) electrons. The van der Waals surface area contributed by atoms with Gasteiger partial charge in [-0.2, -0.15) is 0 Å². The molecule has 0 aromatic heterocycles. The first-order valence-corrected chi connectivity index (χ1v) is 4.79. The Morgan fingerprint density at radius 1 is 0.733 bits per heavy atom. The Hall–Kier alpha value is -1.72. The van der Waals surface area contributed by atoms with Gasteiger partial charge in [0.05, 0.1) is 23.7 Å². The van der Waals surface area contributed by atoms with E-state index in [4.69, 9.17) is 0 Å². The standard InChI is InChI=1S/C9H8N2O4/c12-6-2-1-3-5(4(2)8(14)10-6)9(15)11-7(3)13/h2-5H,1H2,(H,10,12,14)(H,11,13,15)/t2-,3+,4+,5-. The fraction of sp³-hybridized carbons (Fsp3) is 0.556. The zero-order valence-corrected chi connectivity index (χ0v) is 7.65. The van der Waals surface area contributed by atoms with Crippen LogP contribution in [0.1, 0.15) is 6.42 Å². The average molecular weight is 208 g/mol. The molecule has 2 aliphatic heterocycles. The van der Waals surface area contributed by atoms with E-state index in [2.05, 4.69) is 10.6 Å². The number of carbonyl (C=O) groups is 4. The van der Waals surface area contributed by atoms with E-state index >= 15 is 0 Å². The summed E-state index contributed by atoms with van der Waals surface area (Å²) in [5, 5.41) is 4.40. The Kier molecular flexibility index (Phi) is 1.40. The summed E-state index contributed by atoms with van der Waals surface area (Å²) in [6.45, 7) is 0. The van der Waals surface area contributed by atoms with Gasteiger partial charge in [0.15, 0.2) is 0 Å². The molecule has 3 rings (SSSR count). The third kappa shape index (κ3) is 0.886. The minimum atomic E-state index is -0.631. The van der Waals surface area contributed by atoms with Crippen LogP contribution in [0.5, 0.6) is 0 Å². The predicted octanol–water partition coefficient (Wildman–Crippen LogP) is -1.83. The fourth-order valence-corrected chi connectivity index (χ4v) is 2.89. The van der Waals surface area contributed by atoms with Crippen molar-refractivity contribution in [1.29, 1.82) is 0 Å². The van der Waals surface area contributed by atoms with Crippen LogP contribution in [-0.2, 0) is 19.2 Å². The van der Waals surface area contributed by atoms with E-state index in [1.54, 1.807) is 0 Å². The predicted molar refractivity (Wildman–Crippen MR) is 44.9 cm³/mol. The van der Waals surface area contributed by atoms with Crippen LogP contribution in [0.4, 0.5) is 0 Å². The molecule has 6 nitrogen and oxygen atoms in total. The van der Waals surface area contributed by atoms with Crippen molar-refractivity contribution < 1.29 is 19.2 Å². The Labute approximate surface area is 84.4 Å². The molecule has 2 heterocycles. The maximum atomic E-state index is 11.4. The van der Waals surface area contributed by atoms with Gasteiger partial charge in [0.25, 0.3) is 0 Å². The molecular formula is C9H8N2O4. The van der Waals surface area contributed by atoms with Crippen molar-refractivity contribution in [2.45, 2.75) is 6.42 Å². The second-order valence-electron chi connectivity index (χ2n) is 4.21. The van der Waals surface area contributed by atoms with Gasteiger partial charge in [-0.3, -0.25) is 29.8 Å². The monoisotopic (exact) mass is 208 g/mol. The van der Waals surface area contributed by atoms with Crippen molar-refractivity contribution >= 4 is 23.6 Å². The molecule has 6 heteroatoms. The smallest absolute Gasteiger partial charge is 0.231 e. The summed E-state index contributed by atoms with van der Waals surface area (Å²) >= 11 is 0. The van der Waals surface area contributed by atoms with Crippen LogP contribution >= 0.6 is 0 Å². The van der Waals surface area contributed by atoms with Crippen molar-refractivity contribution in [3.05, 3.63) is 0 Å². The average Bonchev–Trinajstić information content (AvgIpc) is 2.72. The molecule has 15 heavy (non-hydrogen) atoms. The van der Waals surface area contributed by atoms with Crippen molar-refractivity contribution in [1.82, 2.24) is 10.6 Å². The number of carbonyl (C=O) groups excluding carboxylic acids is 4. The fourth-order valence-electron chi connectivity index (χ4n) is 2.89. The molecule has 78 valence electrons. The lowest BCUT2D eigenvalue weighted by Crippen LogP contribution is -2.31. The first-order chi connectivity index (χ1) is 7.09. The molecule has 0 aromatic carbocycles. The SMILES string of the molecule is O=C1NC(=O)[C@@H]2C[C@@H]3C(=O)NC(=O)[C@H]3[C@@H]12. The molecule has 0 aromatic rings. The van der Waals surface area contributed by atoms with Gasteiger partial charge in [0, 0.05) is 0 Å². The summed E-state index contributed by atoms with van der Waals surface area (Å²) in [4.78, 5) is 45.5. The van der Waals surface area contributed by atoms with E-state index in [0.29, 0.717) is 6.42 Å². The van der Waals surface area contributed by atoms with Gasteiger partial charge in [-0.25, -0.2) is 0 Å². The van der Waals surface area contributed by atoms with Crippen molar-refractivity contribution in [3.8, 4) is 0 Å². The number of hydrogen-bond donors (Lipinski definition) is 2. The van der Waals surface area contributed by atoms with E-state index in [1.165, 1.54) is 0 Å². The highest BCUT2D eigenvalue weighted by Crippen LogP contribution is 2.46. The molecule has 2 N–H and O–H groups in total. The minimum Gasteiger partial charge on any atom is -0.296 e. The molecular weight excluding hydrogens is 200 g/mol. The Balaban J connectivity index is 2.03. The van der Waals surface area contributed by atoms with Crippen LogP contribution in [0.2, 0.25) is 0 Å². The highest BCUT2D eigenvalue weighted by atomic mass is 16.2. The Bertz CT molecular complexity index is 378. The van der Waals surface area contributed by atoms with Gasteiger partial charge >= 0.3 is 0 Å². The van der Waals surface area contributed by atoms with Gasteiger partial charge in [-0.15, -0.1) is 0 Å². The van der Waals surface area contributed by atoms with Gasteiger partial charge < -0.3 is 0 Å². The highest BCUT2D eigenvalue weighted by molar-refractivity contribution is 6.13. The maximum Gasteiger partial charge on any atom is 0.231 e. The molecule has 1 aliphatic carbocycles. The first kappa shape index (κ1) is 8.58. The van der Waals surface area contributed by atoms with E-state index in [0.717, 1.165) is 0 Å². The van der Waals surface area contributed by atoms with Gasteiger partial charge in [-0.1, -0.05) is 0 Å². The van der Waals surface area contributed by atoms with Crippen LogP contribution in [0, 0.1) is 23.7 Å². The minimum absolute atomic E-state index is 0.310. The molecule has 3 aliphatic rings. The first-order valence-electron chi connectivity index (χ1n) is 4.79. The van der Waals surface area contributed by atoms with Gasteiger partial charge in [0.2, 0.25) is 23.6 Å². The summed E-state index contributed by atoms with van der Waals surface area (Å²) < 4.78 is 0. The number of nitrogens with one attached hydrogen (secondary N) is 2. The second-order valence-corrected chi connectivity index (χ2v) is 4.21. The zero-order valence-electron chi connectivity index (χ0n) is 7.65. The number of imide groups is 2. The number of rotatable bonds is 0. The number of amides is 4. The summed E-state index contributed by atoms with van der Waals surface area (Å²) in [5.74, 6) is -3.75. The second kappa shape index (κ2) is 2.44. The van der Waals surface area contributed by atoms with Crippen molar-refractivity contribution in [2.75, 3.05) is 0 Å². The van der Waals surface area contributed by atoms with Gasteiger partial charge in [0.1, 0.15) is 0 Å². The lowest BCUT2D eigenvalue weighted by molar-refractivity contribution is -0.131. The largest absolute Gasteiger partial charge is 0.296 e. The molecule has 1 saturated carbocycles. The summed E-state index contributed by atoms with van der Waals surface area (Å²) in [6.07, 6.45) is 0.310. The lowest BCUT2D eigenvalue weighted by atomic mass is 9.89. The lowest BCUT2D eigenvalue weighted by Gasteiger charge is -2.09. The van der Waals surface area contributed by atoms with Crippen LogP contribution in [0.25, 0.3) is 0 Å². The maximum absolute atomic E-state index is 11.4. The van der Waals surface area contributed by atoms with Crippen LogP contribution in [-0.4, -0.2) is 23.6 Å². The Morgan fingerprint density at radius 2 is 1.13 bits per heavy atom. The van der Waals surface area contributed by atoms with E-state index < -0.39 is 35.5 Å². The van der Waals surface area contributed by atoms with E-state index in [-0.39, 0.29) is 11.8 Å². The zero-order chi connectivity index (χ0) is 10.7. The summed E-state index contributed by atoms with van der Waals surface area (Å²) in [6, 6.07) is 0. The van der Waals surface area contributed by atoms with Crippen LogP contribution in [0.3, 0.4) is 0 Å². The molecule has 0 bridgehead atoms. The van der Waals surface area contributed by atoms with Gasteiger partial charge in [-0.05, 0) is 6.42 Å². The molecule has 2 saturated heterocycles. The van der Waals surface area contributed by atoms with Crippen molar-refractivity contribution in [2.24, 2.45) is 23.7 Å². The third-order valence-electron chi connectivity index (χ3n) is 3.53.